The maximum atomic E-state index is 13.1. The van der Waals surface area contributed by atoms with E-state index in [1.807, 2.05) is 13.8 Å². The molecule has 1 aromatic carbocycles. The fourth-order valence-electron chi connectivity index (χ4n) is 2.30. The normalized spacial score (nSPS) is 24.8. The molecule has 1 fully saturated rings. The average molecular weight is 321 g/mol. The third-order valence-electron chi connectivity index (χ3n) is 3.40. The summed E-state index contributed by atoms with van der Waals surface area (Å²) in [6.45, 7) is 4.89. The molecule has 112 valence electrons. The van der Waals surface area contributed by atoms with Crippen LogP contribution in [0.3, 0.4) is 0 Å². The molecular weight excluding hydrogens is 303 g/mol. The molecule has 0 spiro atoms. The van der Waals surface area contributed by atoms with Crippen LogP contribution in [0.1, 0.15) is 19.4 Å². The Labute approximate surface area is 124 Å². The number of piperazine rings is 1. The molecule has 1 aliphatic rings. The Balaban J connectivity index is 2.19. The van der Waals surface area contributed by atoms with E-state index in [4.69, 9.17) is 11.6 Å². The Kier molecular flexibility index (Phi) is 4.69. The van der Waals surface area contributed by atoms with Gasteiger partial charge in [-0.1, -0.05) is 17.7 Å². The van der Waals surface area contributed by atoms with Crippen LogP contribution in [0.15, 0.2) is 18.2 Å². The van der Waals surface area contributed by atoms with Crippen LogP contribution in [0, 0.1) is 5.82 Å². The lowest BCUT2D eigenvalue weighted by molar-refractivity contribution is 0.244. The van der Waals surface area contributed by atoms with Crippen molar-refractivity contribution in [1.82, 2.24) is 9.62 Å². The predicted molar refractivity (Wildman–Crippen MR) is 77.7 cm³/mol. The van der Waals surface area contributed by atoms with Gasteiger partial charge in [-0.3, -0.25) is 0 Å². The standard InChI is InChI=1S/C13H18ClFN2O2S/c1-9-7-17(10(2)6-16-9)20(18,19)8-11-3-4-13(15)12(14)5-11/h3-5,9-10,16H,6-8H2,1-2H3. The minimum absolute atomic E-state index is 0.0561. The average Bonchev–Trinajstić information content (AvgIpc) is 2.36. The molecule has 7 heteroatoms. The summed E-state index contributed by atoms with van der Waals surface area (Å²) in [6.07, 6.45) is 0. The van der Waals surface area contributed by atoms with Gasteiger partial charge in [0, 0.05) is 25.2 Å². The molecule has 1 N–H and O–H groups in total. The predicted octanol–water partition coefficient (Wildman–Crippen LogP) is 1.99. The molecule has 20 heavy (non-hydrogen) atoms. The van der Waals surface area contributed by atoms with E-state index < -0.39 is 15.8 Å². The molecule has 4 nitrogen and oxygen atoms in total. The highest BCUT2D eigenvalue weighted by Crippen LogP contribution is 2.21. The molecule has 0 bridgehead atoms. The number of halogens is 2. The second-order valence-corrected chi connectivity index (χ2v) is 7.56. The first-order chi connectivity index (χ1) is 9.29. The van der Waals surface area contributed by atoms with E-state index >= 15 is 0 Å². The topological polar surface area (TPSA) is 49.4 Å². The number of rotatable bonds is 3. The number of nitrogens with zero attached hydrogens (tertiary/aromatic N) is 1. The minimum atomic E-state index is -3.44. The van der Waals surface area contributed by atoms with Crippen molar-refractivity contribution >= 4 is 21.6 Å². The first-order valence-electron chi connectivity index (χ1n) is 6.46. The van der Waals surface area contributed by atoms with Gasteiger partial charge in [0.05, 0.1) is 10.8 Å². The number of hydrogen-bond acceptors (Lipinski definition) is 3. The molecule has 0 amide bonds. The maximum Gasteiger partial charge on any atom is 0.218 e. The first kappa shape index (κ1) is 15.7. The fraction of sp³-hybridized carbons (Fsp3) is 0.538. The van der Waals surface area contributed by atoms with Gasteiger partial charge in [0.15, 0.2) is 0 Å². The van der Waals surface area contributed by atoms with E-state index in [1.165, 1.54) is 22.5 Å². The van der Waals surface area contributed by atoms with Gasteiger partial charge in [-0.2, -0.15) is 4.31 Å². The second kappa shape index (κ2) is 5.97. The van der Waals surface area contributed by atoms with Crippen LogP contribution in [0.2, 0.25) is 5.02 Å². The Morgan fingerprint density at radius 3 is 2.80 bits per heavy atom. The minimum Gasteiger partial charge on any atom is -0.311 e. The number of nitrogens with one attached hydrogen (secondary N) is 1. The summed E-state index contributed by atoms with van der Waals surface area (Å²) in [5.41, 5.74) is 0.495. The van der Waals surface area contributed by atoms with Gasteiger partial charge in [-0.05, 0) is 31.5 Å². The second-order valence-electron chi connectivity index (χ2n) is 5.23. The zero-order valence-corrected chi connectivity index (χ0v) is 13.0. The molecule has 1 saturated heterocycles. The molecule has 0 aliphatic carbocycles. The van der Waals surface area contributed by atoms with Gasteiger partial charge in [0.25, 0.3) is 0 Å². The number of hydrogen-bond donors (Lipinski definition) is 1. The summed E-state index contributed by atoms with van der Waals surface area (Å²) >= 11 is 5.69. The Morgan fingerprint density at radius 1 is 1.45 bits per heavy atom. The van der Waals surface area contributed by atoms with Gasteiger partial charge in [-0.25, -0.2) is 12.8 Å². The molecule has 1 aliphatic heterocycles. The van der Waals surface area contributed by atoms with Crippen molar-refractivity contribution in [2.24, 2.45) is 0 Å². The van der Waals surface area contributed by atoms with Crippen LogP contribution >= 0.6 is 11.6 Å². The highest BCUT2D eigenvalue weighted by atomic mass is 35.5. The van der Waals surface area contributed by atoms with Crippen molar-refractivity contribution in [2.75, 3.05) is 13.1 Å². The molecule has 1 aromatic rings. The van der Waals surface area contributed by atoms with Crippen molar-refractivity contribution in [1.29, 1.82) is 0 Å². The molecule has 2 atom stereocenters. The summed E-state index contributed by atoms with van der Waals surface area (Å²) in [4.78, 5) is 0. The van der Waals surface area contributed by atoms with Crippen molar-refractivity contribution in [2.45, 2.75) is 31.7 Å². The van der Waals surface area contributed by atoms with Crippen LogP contribution in [0.5, 0.6) is 0 Å². The number of benzene rings is 1. The van der Waals surface area contributed by atoms with Crippen molar-refractivity contribution in [3.8, 4) is 0 Å². The van der Waals surface area contributed by atoms with E-state index in [-0.39, 0.29) is 22.9 Å². The third kappa shape index (κ3) is 3.49. The summed E-state index contributed by atoms with van der Waals surface area (Å²) in [5.74, 6) is -0.707. The highest BCUT2D eigenvalue weighted by Gasteiger charge is 2.32. The third-order valence-corrected chi connectivity index (χ3v) is 5.61. The molecule has 0 radical (unpaired) electrons. The Bertz CT molecular complexity index is 594. The monoisotopic (exact) mass is 320 g/mol. The van der Waals surface area contributed by atoms with Crippen LogP contribution in [-0.4, -0.2) is 37.9 Å². The van der Waals surface area contributed by atoms with Gasteiger partial charge >= 0.3 is 0 Å². The van der Waals surface area contributed by atoms with E-state index in [1.54, 1.807) is 0 Å². The fourth-order valence-corrected chi connectivity index (χ4v) is 4.34. The molecule has 2 rings (SSSR count). The summed E-state index contributed by atoms with van der Waals surface area (Å²) in [5, 5.41) is 3.18. The lowest BCUT2D eigenvalue weighted by atomic mass is 10.2. The van der Waals surface area contributed by atoms with E-state index in [2.05, 4.69) is 5.32 Å². The molecule has 0 aromatic heterocycles. The lowest BCUT2D eigenvalue weighted by Crippen LogP contribution is -2.56. The van der Waals surface area contributed by atoms with E-state index in [0.717, 1.165) is 0 Å². The Morgan fingerprint density at radius 2 is 2.15 bits per heavy atom. The van der Waals surface area contributed by atoms with Crippen LogP contribution in [0.25, 0.3) is 0 Å². The quantitative estimate of drug-likeness (QED) is 0.926. The maximum absolute atomic E-state index is 13.1. The zero-order chi connectivity index (χ0) is 14.9. The van der Waals surface area contributed by atoms with Crippen LogP contribution in [-0.2, 0) is 15.8 Å². The van der Waals surface area contributed by atoms with Gasteiger partial charge in [-0.15, -0.1) is 0 Å². The zero-order valence-electron chi connectivity index (χ0n) is 11.4. The van der Waals surface area contributed by atoms with Gasteiger partial charge in [0.2, 0.25) is 10.0 Å². The smallest absolute Gasteiger partial charge is 0.218 e. The van der Waals surface area contributed by atoms with Gasteiger partial charge < -0.3 is 5.32 Å². The SMILES string of the molecule is CC1CN(S(=O)(=O)Cc2ccc(F)c(Cl)c2)C(C)CN1. The van der Waals surface area contributed by atoms with E-state index in [9.17, 15) is 12.8 Å². The van der Waals surface area contributed by atoms with Crippen molar-refractivity contribution < 1.29 is 12.8 Å². The van der Waals surface area contributed by atoms with Crippen molar-refractivity contribution in [3.05, 3.63) is 34.6 Å². The summed E-state index contributed by atoms with van der Waals surface area (Å²) in [6, 6.07) is 4.04. The van der Waals surface area contributed by atoms with Gasteiger partial charge in [0.1, 0.15) is 5.82 Å². The highest BCUT2D eigenvalue weighted by molar-refractivity contribution is 7.88. The number of sulfonamides is 1. The lowest BCUT2D eigenvalue weighted by Gasteiger charge is -2.36. The molecule has 2 unspecified atom stereocenters. The first-order valence-corrected chi connectivity index (χ1v) is 8.45. The van der Waals surface area contributed by atoms with Crippen molar-refractivity contribution in [3.63, 3.8) is 0 Å². The summed E-state index contributed by atoms with van der Waals surface area (Å²) < 4.78 is 39.5. The largest absolute Gasteiger partial charge is 0.311 e. The van der Waals surface area contributed by atoms with Crippen LogP contribution < -0.4 is 5.32 Å². The van der Waals surface area contributed by atoms with Crippen LogP contribution in [0.4, 0.5) is 4.39 Å². The Hall–Kier alpha value is -0.690. The molecule has 1 heterocycles. The molecule has 0 saturated carbocycles. The van der Waals surface area contributed by atoms with E-state index in [0.29, 0.717) is 18.7 Å². The summed E-state index contributed by atoms with van der Waals surface area (Å²) in [7, 11) is -3.44. The molecular formula is C13H18ClFN2O2S.